The van der Waals surface area contributed by atoms with Crippen molar-refractivity contribution in [2.45, 2.75) is 26.2 Å². The summed E-state index contributed by atoms with van der Waals surface area (Å²) in [6.45, 7) is 2.28. The molecule has 0 aromatic heterocycles. The Morgan fingerprint density at radius 3 is 1.78 bits per heavy atom. The zero-order valence-electron chi connectivity index (χ0n) is 18.4. The van der Waals surface area contributed by atoms with Gasteiger partial charge in [-0.15, -0.1) is 0 Å². The normalized spacial score (nSPS) is 12.8. The van der Waals surface area contributed by atoms with Crippen molar-refractivity contribution in [1.29, 1.82) is 0 Å². The second-order valence-electron chi connectivity index (χ2n) is 8.84. The van der Waals surface area contributed by atoms with E-state index in [0.29, 0.717) is 0 Å². The fourth-order valence-corrected chi connectivity index (χ4v) is 5.39. The van der Waals surface area contributed by atoms with Crippen LogP contribution in [0.3, 0.4) is 0 Å². The first-order valence-corrected chi connectivity index (χ1v) is 11.6. The van der Waals surface area contributed by atoms with Gasteiger partial charge in [-0.2, -0.15) is 0 Å². The Bertz CT molecular complexity index is 1490. The monoisotopic (exact) mass is 410 g/mol. The first-order valence-electron chi connectivity index (χ1n) is 11.6. The summed E-state index contributed by atoms with van der Waals surface area (Å²) >= 11 is 0. The highest BCUT2D eigenvalue weighted by atomic mass is 14.3. The van der Waals surface area contributed by atoms with Gasteiger partial charge in [-0.05, 0) is 67.8 Å². The minimum absolute atomic E-state index is 1.06. The summed E-state index contributed by atoms with van der Waals surface area (Å²) in [4.78, 5) is 0. The van der Waals surface area contributed by atoms with Crippen LogP contribution in [0.15, 0.2) is 103 Å². The Balaban J connectivity index is 1.61. The van der Waals surface area contributed by atoms with E-state index in [9.17, 15) is 0 Å². The molecule has 5 aromatic rings. The summed E-state index contributed by atoms with van der Waals surface area (Å²) in [6.07, 6.45) is 5.89. The standard InChI is InChI=1S/C32H26/c1-2-9-22-20-31-29(27-16-7-12-23-10-3-5-14-25(23)27)18-19-30(32(31)21-22)28-17-8-13-24-11-4-6-15-26(24)28/h3-8,10-20H,2,9,21H2,1H3. The van der Waals surface area contributed by atoms with Crippen molar-refractivity contribution in [1.82, 2.24) is 0 Å². The van der Waals surface area contributed by atoms with Gasteiger partial charge in [-0.3, -0.25) is 0 Å². The molecule has 0 saturated heterocycles. The van der Waals surface area contributed by atoms with Gasteiger partial charge in [0.05, 0.1) is 0 Å². The molecule has 0 radical (unpaired) electrons. The number of hydrogen-bond donors (Lipinski definition) is 0. The van der Waals surface area contributed by atoms with Crippen molar-refractivity contribution in [3.63, 3.8) is 0 Å². The highest BCUT2D eigenvalue weighted by Gasteiger charge is 2.22. The number of hydrogen-bond acceptors (Lipinski definition) is 0. The predicted octanol–water partition coefficient (Wildman–Crippen LogP) is 9.07. The van der Waals surface area contributed by atoms with Crippen LogP contribution < -0.4 is 0 Å². The molecule has 0 saturated carbocycles. The molecule has 0 fully saturated rings. The molecule has 6 rings (SSSR count). The van der Waals surface area contributed by atoms with Crippen LogP contribution in [0.2, 0.25) is 0 Å². The maximum atomic E-state index is 2.48. The largest absolute Gasteiger partial charge is 0.0652 e. The van der Waals surface area contributed by atoms with E-state index in [-0.39, 0.29) is 0 Å². The molecule has 0 heterocycles. The Hall–Kier alpha value is -3.64. The number of allylic oxidation sites excluding steroid dienone is 1. The third-order valence-corrected chi connectivity index (χ3v) is 6.84. The third kappa shape index (κ3) is 3.07. The lowest BCUT2D eigenvalue weighted by Crippen LogP contribution is -1.94. The van der Waals surface area contributed by atoms with E-state index in [1.165, 1.54) is 67.8 Å². The van der Waals surface area contributed by atoms with E-state index in [0.717, 1.165) is 6.42 Å². The first-order chi connectivity index (χ1) is 15.8. The highest BCUT2D eigenvalue weighted by molar-refractivity contribution is 6.02. The highest BCUT2D eigenvalue weighted by Crippen LogP contribution is 2.43. The molecule has 1 aliphatic rings. The van der Waals surface area contributed by atoms with Crippen LogP contribution >= 0.6 is 0 Å². The fourth-order valence-electron chi connectivity index (χ4n) is 5.39. The molecule has 0 heteroatoms. The Morgan fingerprint density at radius 2 is 1.12 bits per heavy atom. The van der Waals surface area contributed by atoms with Crippen molar-refractivity contribution in [2.24, 2.45) is 0 Å². The van der Waals surface area contributed by atoms with E-state index in [1.807, 2.05) is 0 Å². The molecular formula is C32H26. The van der Waals surface area contributed by atoms with Gasteiger partial charge in [0.2, 0.25) is 0 Å². The van der Waals surface area contributed by atoms with Crippen LogP contribution in [0.25, 0.3) is 49.9 Å². The second-order valence-corrected chi connectivity index (χ2v) is 8.84. The smallest absolute Gasteiger partial charge is 0.00514 e. The van der Waals surface area contributed by atoms with Gasteiger partial charge in [0.1, 0.15) is 0 Å². The Kier molecular flexibility index (Phi) is 4.65. The number of benzene rings is 5. The fraction of sp³-hybridized carbons (Fsp3) is 0.125. The lowest BCUT2D eigenvalue weighted by atomic mass is 9.87. The van der Waals surface area contributed by atoms with E-state index >= 15 is 0 Å². The summed E-state index contributed by atoms with van der Waals surface area (Å²) < 4.78 is 0. The van der Waals surface area contributed by atoms with Gasteiger partial charge in [-0.25, -0.2) is 0 Å². The maximum absolute atomic E-state index is 2.48. The quantitative estimate of drug-likeness (QED) is 0.277. The SMILES string of the molecule is CCCC1=Cc2c(-c3cccc4ccccc34)ccc(-c3cccc4ccccc34)c2C1. The second kappa shape index (κ2) is 7.80. The van der Waals surface area contributed by atoms with E-state index in [1.54, 1.807) is 5.57 Å². The summed E-state index contributed by atoms with van der Waals surface area (Å²) in [5.41, 5.74) is 9.85. The minimum atomic E-state index is 1.06. The molecule has 5 aromatic carbocycles. The van der Waals surface area contributed by atoms with Crippen LogP contribution in [-0.2, 0) is 6.42 Å². The number of fused-ring (bicyclic) bond motifs is 3. The third-order valence-electron chi connectivity index (χ3n) is 6.84. The molecule has 0 atom stereocenters. The van der Waals surface area contributed by atoms with E-state index < -0.39 is 0 Å². The molecule has 154 valence electrons. The van der Waals surface area contributed by atoms with Crippen LogP contribution in [0.4, 0.5) is 0 Å². The Labute approximate surface area is 189 Å². The van der Waals surface area contributed by atoms with Gasteiger partial charge in [0, 0.05) is 0 Å². The summed E-state index contributed by atoms with van der Waals surface area (Å²) in [5.74, 6) is 0. The average molecular weight is 411 g/mol. The molecule has 0 unspecified atom stereocenters. The van der Waals surface area contributed by atoms with Crippen molar-refractivity contribution >= 4 is 27.6 Å². The average Bonchev–Trinajstić information content (AvgIpc) is 3.27. The van der Waals surface area contributed by atoms with Gasteiger partial charge in [-0.1, -0.05) is 122 Å². The maximum Gasteiger partial charge on any atom is -0.00514 e. The number of rotatable bonds is 4. The van der Waals surface area contributed by atoms with E-state index in [2.05, 4.69) is 110 Å². The molecule has 0 N–H and O–H groups in total. The van der Waals surface area contributed by atoms with Crippen LogP contribution in [0, 0.1) is 0 Å². The lowest BCUT2D eigenvalue weighted by Gasteiger charge is -2.16. The van der Waals surface area contributed by atoms with Crippen LogP contribution in [0.1, 0.15) is 30.9 Å². The molecular weight excluding hydrogens is 384 g/mol. The molecule has 0 amide bonds. The van der Waals surface area contributed by atoms with Crippen LogP contribution in [0.5, 0.6) is 0 Å². The lowest BCUT2D eigenvalue weighted by molar-refractivity contribution is 0.887. The van der Waals surface area contributed by atoms with Gasteiger partial charge in [0.25, 0.3) is 0 Å². The summed E-state index contributed by atoms with van der Waals surface area (Å²) in [5, 5.41) is 5.26. The molecule has 32 heavy (non-hydrogen) atoms. The topological polar surface area (TPSA) is 0 Å². The summed E-state index contributed by atoms with van der Waals surface area (Å²) in [6, 6.07) is 35.6. The molecule has 1 aliphatic carbocycles. The molecule has 0 nitrogen and oxygen atoms in total. The van der Waals surface area contributed by atoms with Crippen molar-refractivity contribution in [3.05, 3.63) is 114 Å². The van der Waals surface area contributed by atoms with Gasteiger partial charge >= 0.3 is 0 Å². The van der Waals surface area contributed by atoms with E-state index in [4.69, 9.17) is 0 Å². The minimum Gasteiger partial charge on any atom is -0.0652 e. The molecule has 0 bridgehead atoms. The van der Waals surface area contributed by atoms with Crippen molar-refractivity contribution < 1.29 is 0 Å². The molecule has 0 aliphatic heterocycles. The molecule has 0 spiro atoms. The van der Waals surface area contributed by atoms with Gasteiger partial charge < -0.3 is 0 Å². The zero-order chi connectivity index (χ0) is 21.5. The summed E-state index contributed by atoms with van der Waals surface area (Å²) in [7, 11) is 0. The van der Waals surface area contributed by atoms with Crippen LogP contribution in [-0.4, -0.2) is 0 Å². The van der Waals surface area contributed by atoms with Crippen molar-refractivity contribution in [3.8, 4) is 22.3 Å². The van der Waals surface area contributed by atoms with Crippen molar-refractivity contribution in [2.75, 3.05) is 0 Å². The zero-order valence-corrected chi connectivity index (χ0v) is 18.4. The Morgan fingerprint density at radius 1 is 0.562 bits per heavy atom. The van der Waals surface area contributed by atoms with Gasteiger partial charge in [0.15, 0.2) is 0 Å². The predicted molar refractivity (Wildman–Crippen MR) is 139 cm³/mol. The first kappa shape index (κ1) is 19.1.